The average Bonchev–Trinajstić information content (AvgIpc) is 3.39. The van der Waals surface area contributed by atoms with Gasteiger partial charge in [-0.3, -0.25) is 0 Å². The number of ether oxygens (including phenoxy) is 2. The highest BCUT2D eigenvalue weighted by atomic mass is 35.5. The van der Waals surface area contributed by atoms with Crippen molar-refractivity contribution in [2.24, 2.45) is 0 Å². The summed E-state index contributed by atoms with van der Waals surface area (Å²) in [7, 11) is 0. The molecule has 0 amide bonds. The summed E-state index contributed by atoms with van der Waals surface area (Å²) in [6, 6.07) is 31.4. The number of para-hydroxylation sites is 2. The predicted octanol–water partition coefficient (Wildman–Crippen LogP) is 9.27. The van der Waals surface area contributed by atoms with Gasteiger partial charge in [0.25, 0.3) is 0 Å². The molecule has 39 heavy (non-hydrogen) atoms. The Morgan fingerprint density at radius 3 is 2.51 bits per heavy atom. The van der Waals surface area contributed by atoms with Crippen LogP contribution in [-0.4, -0.2) is 9.97 Å². The monoisotopic (exact) mass is 553 g/mol. The van der Waals surface area contributed by atoms with Gasteiger partial charge in [-0.05, 0) is 66.2 Å². The number of benzene rings is 4. The molecule has 6 aromatic rings. The van der Waals surface area contributed by atoms with Gasteiger partial charge in [0, 0.05) is 16.1 Å². The third-order valence-electron chi connectivity index (χ3n) is 5.93. The van der Waals surface area contributed by atoms with Crippen molar-refractivity contribution < 1.29 is 13.9 Å². The first-order chi connectivity index (χ1) is 19.1. The normalized spacial score (nSPS) is 10.9. The van der Waals surface area contributed by atoms with Crippen LogP contribution < -0.4 is 14.8 Å². The van der Waals surface area contributed by atoms with Crippen molar-refractivity contribution in [3.05, 3.63) is 126 Å². The molecule has 0 aliphatic heterocycles. The van der Waals surface area contributed by atoms with E-state index in [1.165, 1.54) is 18.5 Å². The second-order valence-corrected chi connectivity index (χ2v) is 10.1. The standard InChI is InChI=1S/C31H21ClFN3O2S/c32-26-16-22(13-14-28(26)37-18-20-7-6-8-21(33)15-20)36-30-25-17-29(39-31(25)35-19-34-30)24-11-4-5-12-27(24)38-23-9-2-1-3-10-23/h1-17,19H,18H2,(H,34,35,36). The molecule has 192 valence electrons. The Morgan fingerprint density at radius 2 is 1.67 bits per heavy atom. The van der Waals surface area contributed by atoms with Crippen LogP contribution in [0.3, 0.4) is 0 Å². The van der Waals surface area contributed by atoms with Crippen molar-refractivity contribution >= 4 is 44.7 Å². The summed E-state index contributed by atoms with van der Waals surface area (Å²) in [4.78, 5) is 10.8. The molecule has 0 fully saturated rings. The highest BCUT2D eigenvalue weighted by molar-refractivity contribution is 7.22. The summed E-state index contributed by atoms with van der Waals surface area (Å²) in [6.07, 6.45) is 1.54. The van der Waals surface area contributed by atoms with E-state index in [9.17, 15) is 4.39 Å². The van der Waals surface area contributed by atoms with Crippen molar-refractivity contribution in [3.63, 3.8) is 0 Å². The molecule has 2 heterocycles. The molecule has 0 saturated carbocycles. The summed E-state index contributed by atoms with van der Waals surface area (Å²) in [6.45, 7) is 0.212. The molecule has 0 unspecified atom stereocenters. The van der Waals surface area contributed by atoms with Crippen LogP contribution in [0.5, 0.6) is 17.2 Å². The van der Waals surface area contributed by atoms with Crippen molar-refractivity contribution in [1.29, 1.82) is 0 Å². The zero-order valence-corrected chi connectivity index (χ0v) is 22.0. The van der Waals surface area contributed by atoms with Crippen LogP contribution >= 0.6 is 22.9 Å². The maximum Gasteiger partial charge on any atom is 0.142 e. The minimum Gasteiger partial charge on any atom is -0.487 e. The fourth-order valence-electron chi connectivity index (χ4n) is 4.08. The molecule has 2 aromatic heterocycles. The number of anilines is 2. The first-order valence-corrected chi connectivity index (χ1v) is 13.3. The largest absolute Gasteiger partial charge is 0.487 e. The summed E-state index contributed by atoms with van der Waals surface area (Å²) in [5.74, 6) is 2.40. The summed E-state index contributed by atoms with van der Waals surface area (Å²) in [5, 5.41) is 4.66. The van der Waals surface area contributed by atoms with E-state index in [1.807, 2.05) is 60.7 Å². The van der Waals surface area contributed by atoms with Gasteiger partial charge in [0.1, 0.15) is 46.6 Å². The lowest BCUT2D eigenvalue weighted by atomic mass is 10.1. The quantitative estimate of drug-likeness (QED) is 0.203. The minimum absolute atomic E-state index is 0.212. The predicted molar refractivity (Wildman–Crippen MR) is 155 cm³/mol. The van der Waals surface area contributed by atoms with Gasteiger partial charge < -0.3 is 14.8 Å². The summed E-state index contributed by atoms with van der Waals surface area (Å²) >= 11 is 8.06. The van der Waals surface area contributed by atoms with Gasteiger partial charge in [-0.1, -0.05) is 54.1 Å². The number of nitrogens with one attached hydrogen (secondary N) is 1. The number of nitrogens with zero attached hydrogens (tertiary/aromatic N) is 2. The van der Waals surface area contributed by atoms with Gasteiger partial charge >= 0.3 is 0 Å². The second kappa shape index (κ2) is 11.1. The molecular weight excluding hydrogens is 533 g/mol. The van der Waals surface area contributed by atoms with Crippen LogP contribution in [0, 0.1) is 5.82 Å². The first kappa shape index (κ1) is 24.9. The van der Waals surface area contributed by atoms with Gasteiger partial charge in [-0.25, -0.2) is 14.4 Å². The van der Waals surface area contributed by atoms with Crippen LogP contribution in [-0.2, 0) is 6.61 Å². The second-order valence-electron chi connectivity index (χ2n) is 8.65. The fourth-order valence-corrected chi connectivity index (χ4v) is 5.35. The molecule has 0 aliphatic carbocycles. The molecule has 0 bridgehead atoms. The molecule has 4 aromatic carbocycles. The van der Waals surface area contributed by atoms with Crippen molar-refractivity contribution in [1.82, 2.24) is 9.97 Å². The Balaban J connectivity index is 1.24. The van der Waals surface area contributed by atoms with Crippen LogP contribution in [0.4, 0.5) is 15.9 Å². The van der Waals surface area contributed by atoms with E-state index < -0.39 is 0 Å². The Labute approximate surface area is 233 Å². The lowest BCUT2D eigenvalue weighted by Gasteiger charge is -2.11. The van der Waals surface area contributed by atoms with Crippen molar-refractivity contribution in [2.45, 2.75) is 6.61 Å². The van der Waals surface area contributed by atoms with E-state index in [-0.39, 0.29) is 12.4 Å². The smallest absolute Gasteiger partial charge is 0.142 e. The number of halogens is 2. The van der Waals surface area contributed by atoms with Gasteiger partial charge in [0.05, 0.1) is 10.4 Å². The van der Waals surface area contributed by atoms with Crippen LogP contribution in [0.25, 0.3) is 20.7 Å². The first-order valence-electron chi connectivity index (χ1n) is 12.1. The lowest BCUT2D eigenvalue weighted by Crippen LogP contribution is -1.98. The molecule has 0 spiro atoms. The average molecular weight is 554 g/mol. The number of aromatic nitrogens is 2. The van der Waals surface area contributed by atoms with E-state index >= 15 is 0 Å². The lowest BCUT2D eigenvalue weighted by molar-refractivity contribution is 0.306. The van der Waals surface area contributed by atoms with Crippen LogP contribution in [0.15, 0.2) is 109 Å². The molecule has 6 rings (SSSR count). The Morgan fingerprint density at radius 1 is 0.821 bits per heavy atom. The van der Waals surface area contributed by atoms with E-state index in [2.05, 4.69) is 21.4 Å². The number of rotatable bonds is 8. The Hall–Kier alpha value is -4.46. The SMILES string of the molecule is Fc1cccc(COc2ccc(Nc3ncnc4sc(-c5ccccc5Oc5ccccc5)cc34)cc2Cl)c1. The van der Waals surface area contributed by atoms with E-state index in [0.717, 1.165) is 43.4 Å². The molecule has 8 heteroatoms. The number of thiophene rings is 1. The highest BCUT2D eigenvalue weighted by Crippen LogP contribution is 2.41. The fraction of sp³-hybridized carbons (Fsp3) is 0.0323. The molecule has 0 aliphatic rings. The van der Waals surface area contributed by atoms with Gasteiger partial charge in [-0.15, -0.1) is 11.3 Å². The zero-order valence-electron chi connectivity index (χ0n) is 20.5. The van der Waals surface area contributed by atoms with Gasteiger partial charge in [-0.2, -0.15) is 0 Å². The maximum absolute atomic E-state index is 13.4. The van der Waals surface area contributed by atoms with Crippen LogP contribution in [0.1, 0.15) is 5.56 Å². The number of fused-ring (bicyclic) bond motifs is 1. The third kappa shape index (κ3) is 5.70. The minimum atomic E-state index is -0.304. The molecule has 0 atom stereocenters. The number of hydrogen-bond donors (Lipinski definition) is 1. The summed E-state index contributed by atoms with van der Waals surface area (Å²) in [5.41, 5.74) is 2.44. The Bertz CT molecular complexity index is 1760. The van der Waals surface area contributed by atoms with Crippen molar-refractivity contribution in [3.8, 4) is 27.7 Å². The molecular formula is C31H21ClFN3O2S. The Kier molecular flexibility index (Phi) is 7.08. The molecule has 0 radical (unpaired) electrons. The van der Waals surface area contributed by atoms with Crippen LogP contribution in [0.2, 0.25) is 5.02 Å². The van der Waals surface area contributed by atoms with E-state index in [4.69, 9.17) is 21.1 Å². The molecule has 0 saturated heterocycles. The zero-order chi connectivity index (χ0) is 26.6. The van der Waals surface area contributed by atoms with Crippen molar-refractivity contribution in [2.75, 3.05) is 5.32 Å². The van der Waals surface area contributed by atoms with Gasteiger partial charge in [0.15, 0.2) is 0 Å². The van der Waals surface area contributed by atoms with Gasteiger partial charge in [0.2, 0.25) is 0 Å². The maximum atomic E-state index is 13.4. The van der Waals surface area contributed by atoms with E-state index in [0.29, 0.717) is 16.6 Å². The molecule has 5 nitrogen and oxygen atoms in total. The third-order valence-corrected chi connectivity index (χ3v) is 7.30. The highest BCUT2D eigenvalue weighted by Gasteiger charge is 2.15. The molecule has 1 N–H and O–H groups in total. The topological polar surface area (TPSA) is 56.3 Å². The van der Waals surface area contributed by atoms with E-state index in [1.54, 1.807) is 35.6 Å². The number of hydrogen-bond acceptors (Lipinski definition) is 6. The summed E-state index contributed by atoms with van der Waals surface area (Å²) < 4.78 is 25.4.